The highest BCUT2D eigenvalue weighted by Crippen LogP contribution is 2.25. The molecule has 0 aliphatic heterocycles. The zero-order valence-electron chi connectivity index (χ0n) is 17.7. The number of benzene rings is 1. The maximum atomic E-state index is 13.1. The molecule has 0 aliphatic rings. The van der Waals surface area contributed by atoms with E-state index in [1.165, 1.54) is 11.8 Å². The van der Waals surface area contributed by atoms with Gasteiger partial charge in [0.05, 0.1) is 12.3 Å². The number of ketones is 1. The largest absolute Gasteiger partial charge is 0.368 e. The lowest BCUT2D eigenvalue weighted by atomic mass is 9.99. The van der Waals surface area contributed by atoms with Crippen LogP contribution in [0.25, 0.3) is 0 Å². The number of thioether (sulfide) groups is 1. The number of hydrogen-bond acceptors (Lipinski definition) is 9. The number of sulfonamides is 1. The van der Waals surface area contributed by atoms with Crippen molar-refractivity contribution in [2.75, 3.05) is 30.1 Å². The molecule has 0 fully saturated rings. The summed E-state index contributed by atoms with van der Waals surface area (Å²) in [7, 11) is -3.32. The Bertz CT molecular complexity index is 1080. The van der Waals surface area contributed by atoms with E-state index in [1.807, 2.05) is 31.2 Å². The van der Waals surface area contributed by atoms with Gasteiger partial charge in [-0.1, -0.05) is 37.3 Å². The van der Waals surface area contributed by atoms with Gasteiger partial charge in [-0.3, -0.25) is 4.79 Å². The van der Waals surface area contributed by atoms with Gasteiger partial charge in [0, 0.05) is 13.0 Å². The molecule has 0 bridgehead atoms. The van der Waals surface area contributed by atoms with Gasteiger partial charge in [0.15, 0.2) is 11.6 Å². The van der Waals surface area contributed by atoms with Gasteiger partial charge in [0.1, 0.15) is 16.7 Å². The minimum atomic E-state index is -3.32. The van der Waals surface area contributed by atoms with Crippen LogP contribution in [0.3, 0.4) is 0 Å². The Morgan fingerprint density at radius 3 is 2.66 bits per heavy atom. The molecule has 2 rings (SSSR count). The van der Waals surface area contributed by atoms with Gasteiger partial charge in [-0.25, -0.2) is 18.1 Å². The fourth-order valence-corrected chi connectivity index (χ4v) is 4.04. The molecule has 1 aromatic heterocycles. The van der Waals surface area contributed by atoms with Crippen LogP contribution in [0.4, 0.5) is 11.8 Å². The third-order valence-electron chi connectivity index (χ3n) is 4.39. The van der Waals surface area contributed by atoms with E-state index in [4.69, 9.17) is 5.73 Å². The van der Waals surface area contributed by atoms with Crippen molar-refractivity contribution in [1.82, 2.24) is 14.7 Å². The second-order valence-electron chi connectivity index (χ2n) is 7.06. The van der Waals surface area contributed by atoms with Crippen molar-refractivity contribution in [3.05, 3.63) is 41.0 Å². The number of anilines is 2. The van der Waals surface area contributed by atoms with Crippen LogP contribution in [-0.2, 0) is 21.2 Å². The number of nitrogen functional groups attached to an aromatic ring is 1. The number of carbonyl (C=O) groups excluding carboxylic acids is 1. The summed E-state index contributed by atoms with van der Waals surface area (Å²) in [6, 6.07) is 9.04. The molecule has 0 spiro atoms. The number of nitriles is 1. The summed E-state index contributed by atoms with van der Waals surface area (Å²) < 4.78 is 25.0. The summed E-state index contributed by atoms with van der Waals surface area (Å²) in [5.41, 5.74) is 7.91. The van der Waals surface area contributed by atoms with E-state index < -0.39 is 16.1 Å². The highest BCUT2D eigenvalue weighted by atomic mass is 32.2. The van der Waals surface area contributed by atoms with Crippen molar-refractivity contribution in [2.24, 2.45) is 0 Å². The molecule has 1 atom stereocenters. The van der Waals surface area contributed by atoms with Gasteiger partial charge in [-0.15, -0.1) is 11.8 Å². The van der Waals surface area contributed by atoms with Crippen LogP contribution in [-0.4, -0.2) is 49.3 Å². The summed E-state index contributed by atoms with van der Waals surface area (Å²) in [5.74, 6) is 0.0872. The van der Waals surface area contributed by atoms with Crippen molar-refractivity contribution >= 4 is 39.3 Å². The van der Waals surface area contributed by atoms with Crippen molar-refractivity contribution in [3.63, 3.8) is 0 Å². The van der Waals surface area contributed by atoms with Gasteiger partial charge < -0.3 is 11.1 Å². The first-order valence-electron chi connectivity index (χ1n) is 9.54. The van der Waals surface area contributed by atoms with E-state index >= 15 is 0 Å². The summed E-state index contributed by atoms with van der Waals surface area (Å²) in [6.07, 6.45) is 3.80. The van der Waals surface area contributed by atoms with Crippen molar-refractivity contribution < 1.29 is 13.2 Å². The highest BCUT2D eigenvalue weighted by Gasteiger charge is 2.22. The summed E-state index contributed by atoms with van der Waals surface area (Å²) in [4.78, 5) is 21.3. The number of nitrogens with zero attached hydrogens (tertiary/aromatic N) is 3. The van der Waals surface area contributed by atoms with Crippen LogP contribution in [0.5, 0.6) is 0 Å². The first-order valence-corrected chi connectivity index (χ1v) is 12.7. The first-order chi connectivity index (χ1) is 14.6. The Kier molecular flexibility index (Phi) is 10.6. The van der Waals surface area contributed by atoms with E-state index in [2.05, 4.69) is 26.1 Å². The Balaban J connectivity index is 0.00000512. The van der Waals surface area contributed by atoms with Crippen LogP contribution in [0.1, 0.15) is 37.0 Å². The normalized spacial score (nSPS) is 11.8. The van der Waals surface area contributed by atoms with Gasteiger partial charge in [0.25, 0.3) is 0 Å². The van der Waals surface area contributed by atoms with E-state index in [-0.39, 0.29) is 43.5 Å². The number of hydrogen-bond donors (Lipinski definition) is 3. The molecule has 2 aromatic rings. The topological polar surface area (TPSA) is 151 Å². The minimum absolute atomic E-state index is 0. The fraction of sp³-hybridized carbons (Fsp3) is 0.429. The number of aryl methyl sites for hydroxylation is 1. The smallest absolute Gasteiger partial charge is 0.223 e. The minimum Gasteiger partial charge on any atom is -0.368 e. The molecule has 1 heterocycles. The molecular formula is C21H30N6O3S2. The lowest BCUT2D eigenvalue weighted by molar-refractivity contribution is -0.119. The molecule has 0 radical (unpaired) electrons. The van der Waals surface area contributed by atoms with Crippen LogP contribution >= 0.6 is 11.8 Å². The SMILES string of the molecule is C.CSc1nc(N)nc(N[C@@H](CCCNS(C)(=O)=O)C(=O)Cc2cccc(C)c2)c1C#N. The Hall–Kier alpha value is -2.68. The maximum Gasteiger partial charge on any atom is 0.223 e. The van der Waals surface area contributed by atoms with Crippen molar-refractivity contribution in [3.8, 4) is 6.07 Å². The average molecular weight is 479 g/mol. The third-order valence-corrected chi connectivity index (χ3v) is 5.80. The standard InChI is InChI=1S/C20H26N6O3S2.CH4/c1-13-6-4-7-14(10-13)11-17(27)16(8-5-9-23-31(3,28)29)24-18-15(12-21)19(30-2)26-20(22)25-18;/h4,6-7,10,16,23H,5,8-9,11H2,1-3H3,(H3,22,24,25,26);1H4/t16-;/m0./s1. The lowest BCUT2D eigenvalue weighted by Gasteiger charge is -2.20. The highest BCUT2D eigenvalue weighted by molar-refractivity contribution is 7.98. The summed E-state index contributed by atoms with van der Waals surface area (Å²) in [6.45, 7) is 2.15. The number of Topliss-reactive ketones (excluding diaryl/α,β-unsaturated/α-hetero) is 1. The zero-order valence-corrected chi connectivity index (χ0v) is 19.3. The number of aromatic nitrogens is 2. The molecule has 4 N–H and O–H groups in total. The van der Waals surface area contributed by atoms with Crippen molar-refractivity contribution in [1.29, 1.82) is 5.26 Å². The molecule has 0 saturated heterocycles. The number of nitrogens with one attached hydrogen (secondary N) is 2. The predicted molar refractivity (Wildman–Crippen MR) is 129 cm³/mol. The van der Waals surface area contributed by atoms with E-state index in [1.54, 1.807) is 6.26 Å². The Morgan fingerprint density at radius 1 is 1.34 bits per heavy atom. The quantitative estimate of drug-likeness (QED) is 0.251. The molecule has 174 valence electrons. The average Bonchev–Trinajstić information content (AvgIpc) is 2.68. The van der Waals surface area contributed by atoms with Crippen LogP contribution in [0.15, 0.2) is 29.3 Å². The maximum absolute atomic E-state index is 13.1. The van der Waals surface area contributed by atoms with E-state index in [9.17, 15) is 18.5 Å². The van der Waals surface area contributed by atoms with Gasteiger partial charge in [-0.2, -0.15) is 10.2 Å². The van der Waals surface area contributed by atoms with Gasteiger partial charge >= 0.3 is 0 Å². The molecule has 1 aromatic carbocycles. The lowest BCUT2D eigenvalue weighted by Crippen LogP contribution is -2.33. The second-order valence-corrected chi connectivity index (χ2v) is 9.69. The molecule has 0 unspecified atom stereocenters. The molecule has 0 aliphatic carbocycles. The number of nitrogens with two attached hydrogens (primary N) is 1. The van der Waals surface area contributed by atoms with Crippen molar-refractivity contribution in [2.45, 2.75) is 44.7 Å². The Morgan fingerprint density at radius 2 is 2.06 bits per heavy atom. The van der Waals surface area contributed by atoms with Crippen LogP contribution < -0.4 is 15.8 Å². The first kappa shape index (κ1) is 27.4. The van der Waals surface area contributed by atoms with E-state index in [0.29, 0.717) is 17.9 Å². The third kappa shape index (κ3) is 8.45. The van der Waals surface area contributed by atoms with Crippen LogP contribution in [0, 0.1) is 18.3 Å². The molecule has 0 saturated carbocycles. The van der Waals surface area contributed by atoms with Gasteiger partial charge in [0.2, 0.25) is 16.0 Å². The number of carbonyl (C=O) groups is 1. The Labute approximate surface area is 194 Å². The van der Waals surface area contributed by atoms with Gasteiger partial charge in [-0.05, 0) is 31.6 Å². The molecule has 9 nitrogen and oxygen atoms in total. The molecule has 0 amide bonds. The molecular weight excluding hydrogens is 448 g/mol. The van der Waals surface area contributed by atoms with Crippen LogP contribution in [0.2, 0.25) is 0 Å². The van der Waals surface area contributed by atoms with E-state index in [0.717, 1.165) is 17.4 Å². The predicted octanol–water partition coefficient (Wildman–Crippen LogP) is 2.52. The number of rotatable bonds is 11. The zero-order chi connectivity index (χ0) is 23.0. The second kappa shape index (κ2) is 12.4. The summed E-state index contributed by atoms with van der Waals surface area (Å²) in [5, 5.41) is 13.0. The summed E-state index contributed by atoms with van der Waals surface area (Å²) >= 11 is 1.26. The molecule has 11 heteroatoms. The fourth-order valence-electron chi connectivity index (χ4n) is 3.00. The monoisotopic (exact) mass is 478 g/mol. The molecule has 32 heavy (non-hydrogen) atoms.